The lowest BCUT2D eigenvalue weighted by Gasteiger charge is -2.05. The normalized spacial score (nSPS) is 11.4. The molecule has 102 valence electrons. The van der Waals surface area contributed by atoms with Gasteiger partial charge in [-0.05, 0) is 7.05 Å². The number of hydrogen-bond acceptors (Lipinski definition) is 6. The summed E-state index contributed by atoms with van der Waals surface area (Å²) in [7, 11) is -1.98. The fourth-order valence-electron chi connectivity index (χ4n) is 1.14. The molecule has 10 heteroatoms. The van der Waals surface area contributed by atoms with Gasteiger partial charge in [0, 0.05) is 13.1 Å². The highest BCUT2D eigenvalue weighted by atomic mass is 32.2. The second-order valence-electron chi connectivity index (χ2n) is 3.48. The van der Waals surface area contributed by atoms with E-state index in [9.17, 15) is 13.2 Å². The van der Waals surface area contributed by atoms with Gasteiger partial charge >= 0.3 is 0 Å². The van der Waals surface area contributed by atoms with Crippen molar-refractivity contribution in [1.29, 1.82) is 0 Å². The number of carbonyl (C=O) groups is 1. The van der Waals surface area contributed by atoms with Gasteiger partial charge in [-0.15, -0.1) is 5.10 Å². The van der Waals surface area contributed by atoms with Crippen LogP contribution >= 0.6 is 0 Å². The minimum Gasteiger partial charge on any atom is -0.353 e. The molecular weight excluding hydrogens is 260 g/mol. The molecular formula is C8H16N6O3S. The molecule has 0 aliphatic rings. The molecule has 1 rings (SSSR count). The molecule has 1 aromatic heterocycles. The second kappa shape index (κ2) is 6.42. The first-order chi connectivity index (χ1) is 8.46. The van der Waals surface area contributed by atoms with Crippen LogP contribution in [0, 0.1) is 0 Å². The lowest BCUT2D eigenvalue weighted by molar-refractivity contribution is -0.121. The average Bonchev–Trinajstić information content (AvgIpc) is 2.76. The van der Waals surface area contributed by atoms with Crippen LogP contribution in [0.25, 0.3) is 0 Å². The predicted molar refractivity (Wildman–Crippen MR) is 63.8 cm³/mol. The van der Waals surface area contributed by atoms with E-state index in [-0.39, 0.29) is 31.3 Å². The molecule has 0 unspecified atom stereocenters. The maximum atomic E-state index is 11.4. The third kappa shape index (κ3) is 4.77. The van der Waals surface area contributed by atoms with Crippen molar-refractivity contribution in [1.82, 2.24) is 25.0 Å². The molecule has 0 aliphatic heterocycles. The molecule has 0 aromatic carbocycles. The number of aromatic nitrogens is 3. The Labute approximate surface area is 105 Å². The molecule has 0 atom stereocenters. The Morgan fingerprint density at radius 2 is 2.28 bits per heavy atom. The third-order valence-electron chi connectivity index (χ3n) is 2.10. The average molecular weight is 276 g/mol. The zero-order valence-corrected chi connectivity index (χ0v) is 10.8. The lowest BCUT2D eigenvalue weighted by atomic mass is 10.5. The van der Waals surface area contributed by atoms with Gasteiger partial charge in [-0.3, -0.25) is 4.79 Å². The van der Waals surface area contributed by atoms with Crippen molar-refractivity contribution in [2.24, 2.45) is 5.73 Å². The predicted octanol–water partition coefficient (Wildman–Crippen LogP) is -2.60. The summed E-state index contributed by atoms with van der Waals surface area (Å²) in [4.78, 5) is 11.4. The quantitative estimate of drug-likeness (QED) is 0.500. The van der Waals surface area contributed by atoms with E-state index in [4.69, 9.17) is 5.73 Å². The molecule has 0 fully saturated rings. The van der Waals surface area contributed by atoms with E-state index in [1.165, 1.54) is 11.7 Å². The Kier molecular flexibility index (Phi) is 5.19. The number of nitrogens with one attached hydrogen (secondary N) is 2. The highest BCUT2D eigenvalue weighted by Gasteiger charge is 2.09. The first kappa shape index (κ1) is 14.5. The summed E-state index contributed by atoms with van der Waals surface area (Å²) in [6.45, 7) is 0.273. The maximum absolute atomic E-state index is 11.4. The number of sulfonamides is 1. The van der Waals surface area contributed by atoms with Crippen LogP contribution in [0.3, 0.4) is 0 Å². The number of amides is 1. The van der Waals surface area contributed by atoms with Crippen molar-refractivity contribution in [2.45, 2.75) is 13.1 Å². The summed E-state index contributed by atoms with van der Waals surface area (Å²) in [6.07, 6.45) is 1.56. The van der Waals surface area contributed by atoms with Gasteiger partial charge in [0.1, 0.15) is 6.54 Å². The number of rotatable bonds is 7. The monoisotopic (exact) mass is 276 g/mol. The largest absolute Gasteiger partial charge is 0.353 e. The van der Waals surface area contributed by atoms with Crippen LogP contribution in [-0.4, -0.2) is 48.7 Å². The van der Waals surface area contributed by atoms with E-state index in [2.05, 4.69) is 20.4 Å². The van der Waals surface area contributed by atoms with Gasteiger partial charge in [-0.2, -0.15) is 0 Å². The summed E-state index contributed by atoms with van der Waals surface area (Å²) >= 11 is 0. The van der Waals surface area contributed by atoms with Crippen molar-refractivity contribution in [3.05, 3.63) is 11.9 Å². The van der Waals surface area contributed by atoms with Gasteiger partial charge in [0.15, 0.2) is 0 Å². The van der Waals surface area contributed by atoms with Crippen LogP contribution in [0.2, 0.25) is 0 Å². The van der Waals surface area contributed by atoms with Crippen LogP contribution in [0.15, 0.2) is 6.20 Å². The molecule has 1 amide bonds. The highest BCUT2D eigenvalue weighted by molar-refractivity contribution is 7.89. The van der Waals surface area contributed by atoms with Crippen molar-refractivity contribution < 1.29 is 13.2 Å². The molecule has 0 aliphatic carbocycles. The molecule has 18 heavy (non-hydrogen) atoms. The molecule has 4 N–H and O–H groups in total. The number of hydrogen-bond donors (Lipinski definition) is 3. The maximum Gasteiger partial charge on any atom is 0.241 e. The molecule has 0 saturated carbocycles. The Bertz CT molecular complexity index is 497. The van der Waals surface area contributed by atoms with Gasteiger partial charge in [-0.1, -0.05) is 5.21 Å². The van der Waals surface area contributed by atoms with E-state index in [0.717, 1.165) is 0 Å². The summed E-state index contributed by atoms with van der Waals surface area (Å²) in [6, 6.07) is 0. The van der Waals surface area contributed by atoms with Gasteiger partial charge < -0.3 is 11.1 Å². The molecule has 0 spiro atoms. The van der Waals surface area contributed by atoms with Crippen LogP contribution in [-0.2, 0) is 27.9 Å². The molecule has 0 radical (unpaired) electrons. The lowest BCUT2D eigenvalue weighted by Crippen LogP contribution is -2.34. The summed E-state index contributed by atoms with van der Waals surface area (Å²) < 4.78 is 25.6. The first-order valence-electron chi connectivity index (χ1n) is 5.24. The summed E-state index contributed by atoms with van der Waals surface area (Å²) in [5.74, 6) is -0.504. The first-order valence-corrected chi connectivity index (χ1v) is 6.89. The van der Waals surface area contributed by atoms with E-state index < -0.39 is 10.0 Å². The van der Waals surface area contributed by atoms with Gasteiger partial charge in [0.2, 0.25) is 15.9 Å². The standard InChI is InChI=1S/C8H16N6O3S/c1-10-18(16,17)3-2-11-8(15)6-14-5-7(4-9)12-13-14/h5,10H,2-4,6,9H2,1H3,(H,11,15). The molecule has 1 heterocycles. The second-order valence-corrected chi connectivity index (χ2v) is 5.53. The number of nitrogens with two attached hydrogens (primary N) is 1. The fourth-order valence-corrected chi connectivity index (χ4v) is 1.71. The number of nitrogens with zero attached hydrogens (tertiary/aromatic N) is 3. The smallest absolute Gasteiger partial charge is 0.241 e. The van der Waals surface area contributed by atoms with Crippen molar-refractivity contribution >= 4 is 15.9 Å². The van der Waals surface area contributed by atoms with E-state index in [1.54, 1.807) is 6.20 Å². The zero-order chi connectivity index (χ0) is 13.6. The molecule has 0 saturated heterocycles. The van der Waals surface area contributed by atoms with Crippen LogP contribution < -0.4 is 15.8 Å². The summed E-state index contributed by atoms with van der Waals surface area (Å²) in [5.41, 5.74) is 5.93. The van der Waals surface area contributed by atoms with E-state index >= 15 is 0 Å². The highest BCUT2D eigenvalue weighted by Crippen LogP contribution is 1.90. The van der Waals surface area contributed by atoms with Crippen LogP contribution in [0.5, 0.6) is 0 Å². The Morgan fingerprint density at radius 1 is 1.56 bits per heavy atom. The Balaban J connectivity index is 2.34. The van der Waals surface area contributed by atoms with Crippen LogP contribution in [0.4, 0.5) is 0 Å². The van der Waals surface area contributed by atoms with E-state index in [1.807, 2.05) is 0 Å². The van der Waals surface area contributed by atoms with E-state index in [0.29, 0.717) is 5.69 Å². The van der Waals surface area contributed by atoms with Gasteiger partial charge in [0.05, 0.1) is 17.6 Å². The van der Waals surface area contributed by atoms with Gasteiger partial charge in [-0.25, -0.2) is 17.8 Å². The third-order valence-corrected chi connectivity index (χ3v) is 3.47. The SMILES string of the molecule is CNS(=O)(=O)CCNC(=O)Cn1cc(CN)nn1. The Hall–Kier alpha value is -1.52. The number of carbonyl (C=O) groups excluding carboxylic acids is 1. The zero-order valence-electron chi connectivity index (χ0n) is 9.96. The molecule has 9 nitrogen and oxygen atoms in total. The topological polar surface area (TPSA) is 132 Å². The Morgan fingerprint density at radius 3 is 2.83 bits per heavy atom. The van der Waals surface area contributed by atoms with Crippen molar-refractivity contribution in [2.75, 3.05) is 19.3 Å². The van der Waals surface area contributed by atoms with Crippen LogP contribution in [0.1, 0.15) is 5.69 Å². The molecule has 0 bridgehead atoms. The van der Waals surface area contributed by atoms with Gasteiger partial charge in [0.25, 0.3) is 0 Å². The van der Waals surface area contributed by atoms with Crippen molar-refractivity contribution in [3.8, 4) is 0 Å². The molecule has 1 aromatic rings. The minimum atomic E-state index is -3.30. The van der Waals surface area contributed by atoms with Crippen molar-refractivity contribution in [3.63, 3.8) is 0 Å². The fraction of sp³-hybridized carbons (Fsp3) is 0.625. The minimum absolute atomic E-state index is 0.0212. The summed E-state index contributed by atoms with van der Waals surface area (Å²) in [5, 5.41) is 9.89.